The van der Waals surface area contributed by atoms with Crippen LogP contribution in [-0.4, -0.2) is 145 Å². The van der Waals surface area contributed by atoms with Crippen molar-refractivity contribution in [2.24, 2.45) is 0 Å². The molecule has 12 heteroatoms. The summed E-state index contributed by atoms with van der Waals surface area (Å²) in [6, 6.07) is 0. The number of unbranched alkanes of at least 4 members (excludes halogenated alkanes) is 7. The van der Waals surface area contributed by atoms with Crippen molar-refractivity contribution >= 4 is 5.97 Å². The third-order valence-electron chi connectivity index (χ3n) is 6.47. The van der Waals surface area contributed by atoms with E-state index in [0.29, 0.717) is 132 Å². The summed E-state index contributed by atoms with van der Waals surface area (Å²) in [6.07, 6.45) is 11.0. The molecule has 0 radical (unpaired) electrons. The van der Waals surface area contributed by atoms with Gasteiger partial charge in [0.05, 0.1) is 126 Å². The predicted octanol–water partition coefficient (Wildman–Crippen LogP) is 4.64. The van der Waals surface area contributed by atoms with E-state index in [2.05, 4.69) is 13.8 Å². The Bertz CT molecular complexity index is 570. The molecule has 0 atom stereocenters. The van der Waals surface area contributed by atoms with Crippen LogP contribution in [0.2, 0.25) is 0 Å². The molecular formula is C34H68O12. The van der Waals surface area contributed by atoms with E-state index in [0.717, 1.165) is 25.9 Å². The third kappa shape index (κ3) is 41.1. The van der Waals surface area contributed by atoms with E-state index in [1.165, 1.54) is 38.5 Å². The van der Waals surface area contributed by atoms with Crippen LogP contribution in [0, 0.1) is 0 Å². The molecule has 0 heterocycles. The molecule has 0 aliphatic rings. The van der Waals surface area contributed by atoms with Crippen molar-refractivity contribution in [1.29, 1.82) is 0 Å². The van der Waals surface area contributed by atoms with Gasteiger partial charge < -0.3 is 52.1 Å². The maximum absolute atomic E-state index is 11.6. The number of carbonyl (C=O) groups excluding carboxylic acids is 1. The number of hydrogen-bond acceptors (Lipinski definition) is 12. The lowest BCUT2D eigenvalue weighted by atomic mass is 10.1. The molecule has 0 amide bonds. The van der Waals surface area contributed by atoms with Crippen molar-refractivity contribution < 1.29 is 56.9 Å². The molecule has 0 saturated carbocycles. The van der Waals surface area contributed by atoms with Gasteiger partial charge in [-0.25, -0.2) is 0 Å². The molecule has 46 heavy (non-hydrogen) atoms. The highest BCUT2D eigenvalue weighted by atomic mass is 16.6. The molecular weight excluding hydrogens is 600 g/mol. The quantitative estimate of drug-likeness (QED) is 0.0667. The minimum Gasteiger partial charge on any atom is -0.463 e. The Hall–Kier alpha value is -0.930. The second-order valence-electron chi connectivity index (χ2n) is 10.6. The summed E-state index contributed by atoms with van der Waals surface area (Å²) in [7, 11) is 0. The Balaban J connectivity index is 3.08. The van der Waals surface area contributed by atoms with Gasteiger partial charge in [0.15, 0.2) is 0 Å². The molecule has 0 unspecified atom stereocenters. The highest BCUT2D eigenvalue weighted by Gasteiger charge is 2.02. The first kappa shape index (κ1) is 45.1. The Morgan fingerprint density at radius 1 is 0.304 bits per heavy atom. The van der Waals surface area contributed by atoms with E-state index < -0.39 is 0 Å². The highest BCUT2D eigenvalue weighted by molar-refractivity contribution is 5.69. The fourth-order valence-corrected chi connectivity index (χ4v) is 3.87. The molecule has 12 nitrogen and oxygen atoms in total. The van der Waals surface area contributed by atoms with Crippen molar-refractivity contribution in [3.8, 4) is 0 Å². The van der Waals surface area contributed by atoms with E-state index in [-0.39, 0.29) is 12.6 Å². The number of ether oxygens (including phenoxy) is 11. The third-order valence-corrected chi connectivity index (χ3v) is 6.47. The lowest BCUT2D eigenvalue weighted by Gasteiger charge is -2.09. The fourth-order valence-electron chi connectivity index (χ4n) is 3.87. The molecule has 0 bridgehead atoms. The van der Waals surface area contributed by atoms with E-state index >= 15 is 0 Å². The molecule has 0 aromatic rings. The van der Waals surface area contributed by atoms with E-state index in [4.69, 9.17) is 52.1 Å². The Morgan fingerprint density at radius 2 is 0.565 bits per heavy atom. The van der Waals surface area contributed by atoms with Crippen LogP contribution in [0.25, 0.3) is 0 Å². The maximum Gasteiger partial charge on any atom is 0.305 e. The zero-order valence-corrected chi connectivity index (χ0v) is 29.3. The van der Waals surface area contributed by atoms with Crippen LogP contribution in [0.4, 0.5) is 0 Å². The Morgan fingerprint density at radius 3 is 0.891 bits per heavy atom. The topological polar surface area (TPSA) is 119 Å². The minimum atomic E-state index is -0.145. The lowest BCUT2D eigenvalue weighted by molar-refractivity contribution is -0.145. The summed E-state index contributed by atoms with van der Waals surface area (Å²) in [5, 5.41) is 0. The zero-order valence-electron chi connectivity index (χ0n) is 29.3. The van der Waals surface area contributed by atoms with Gasteiger partial charge >= 0.3 is 5.97 Å². The molecule has 0 rings (SSSR count). The van der Waals surface area contributed by atoms with Gasteiger partial charge in [0.2, 0.25) is 0 Å². The smallest absolute Gasteiger partial charge is 0.305 e. The van der Waals surface area contributed by atoms with Gasteiger partial charge in [0.25, 0.3) is 0 Å². The molecule has 0 saturated heterocycles. The normalized spacial score (nSPS) is 11.4. The summed E-state index contributed by atoms with van der Waals surface area (Å²) >= 11 is 0. The molecule has 276 valence electrons. The van der Waals surface area contributed by atoms with Gasteiger partial charge in [-0.05, 0) is 12.8 Å². The van der Waals surface area contributed by atoms with Crippen LogP contribution in [0.15, 0.2) is 0 Å². The largest absolute Gasteiger partial charge is 0.463 e. The molecule has 0 aromatic heterocycles. The van der Waals surface area contributed by atoms with Crippen molar-refractivity contribution in [3.05, 3.63) is 0 Å². The van der Waals surface area contributed by atoms with Gasteiger partial charge in [-0.2, -0.15) is 0 Å². The summed E-state index contributed by atoms with van der Waals surface area (Å²) < 4.78 is 59.9. The SMILES string of the molecule is CCCCCCCC(=O)OCCOCCOCCOCCOCCOCCOCCOCCOCCOCCOCCCCCC. The number of hydrogen-bond donors (Lipinski definition) is 0. The first-order valence-corrected chi connectivity index (χ1v) is 17.7. The van der Waals surface area contributed by atoms with Crippen molar-refractivity contribution in [3.63, 3.8) is 0 Å². The Kier molecular flexibility index (Phi) is 41.2. The van der Waals surface area contributed by atoms with Crippen LogP contribution in [0.5, 0.6) is 0 Å². The summed E-state index contributed by atoms with van der Waals surface area (Å²) in [5.74, 6) is -0.145. The van der Waals surface area contributed by atoms with Crippen LogP contribution in [-0.2, 0) is 56.9 Å². The predicted molar refractivity (Wildman–Crippen MR) is 177 cm³/mol. The van der Waals surface area contributed by atoms with Crippen LogP contribution in [0.3, 0.4) is 0 Å². The molecule has 0 aromatic carbocycles. The minimum absolute atomic E-state index is 0.145. The first-order chi connectivity index (χ1) is 22.8. The second-order valence-corrected chi connectivity index (χ2v) is 10.6. The van der Waals surface area contributed by atoms with E-state index in [9.17, 15) is 4.79 Å². The monoisotopic (exact) mass is 668 g/mol. The molecule has 0 spiro atoms. The van der Waals surface area contributed by atoms with Crippen LogP contribution >= 0.6 is 0 Å². The van der Waals surface area contributed by atoms with Crippen molar-refractivity contribution in [1.82, 2.24) is 0 Å². The second kappa shape index (κ2) is 42.1. The standard InChI is InChI=1S/C34H68O12/c1-3-5-7-9-10-12-34(35)46-33-32-45-31-30-44-29-28-43-27-26-42-25-24-41-23-22-40-21-20-39-19-18-38-17-16-37-15-14-36-13-11-8-6-4-2/h3-33H2,1-2H3. The molecule has 0 N–H and O–H groups in total. The maximum atomic E-state index is 11.6. The lowest BCUT2D eigenvalue weighted by Crippen LogP contribution is -2.15. The molecule has 0 aliphatic heterocycles. The zero-order chi connectivity index (χ0) is 33.3. The van der Waals surface area contributed by atoms with Crippen molar-refractivity contribution in [2.45, 2.75) is 78.1 Å². The van der Waals surface area contributed by atoms with E-state index in [1.807, 2.05) is 0 Å². The molecule has 0 aliphatic carbocycles. The van der Waals surface area contributed by atoms with Gasteiger partial charge in [0.1, 0.15) is 6.61 Å². The fraction of sp³-hybridized carbons (Fsp3) is 0.971. The highest BCUT2D eigenvalue weighted by Crippen LogP contribution is 2.05. The number of rotatable bonds is 41. The van der Waals surface area contributed by atoms with Crippen LogP contribution in [0.1, 0.15) is 78.1 Å². The summed E-state index contributed by atoms with van der Waals surface area (Å²) in [4.78, 5) is 11.6. The van der Waals surface area contributed by atoms with Gasteiger partial charge in [0, 0.05) is 13.0 Å². The summed E-state index contributed by atoms with van der Waals surface area (Å²) in [5.41, 5.74) is 0. The average molecular weight is 669 g/mol. The first-order valence-electron chi connectivity index (χ1n) is 17.7. The van der Waals surface area contributed by atoms with Gasteiger partial charge in [-0.1, -0.05) is 58.8 Å². The number of esters is 1. The number of carbonyl (C=O) groups is 1. The summed E-state index contributed by atoms with van der Waals surface area (Å²) in [6.45, 7) is 15.3. The van der Waals surface area contributed by atoms with Crippen molar-refractivity contribution in [2.75, 3.05) is 139 Å². The van der Waals surface area contributed by atoms with Gasteiger partial charge in [-0.15, -0.1) is 0 Å². The van der Waals surface area contributed by atoms with Gasteiger partial charge in [-0.3, -0.25) is 4.79 Å². The average Bonchev–Trinajstić information content (AvgIpc) is 3.06. The van der Waals surface area contributed by atoms with Crippen LogP contribution < -0.4 is 0 Å². The Labute approximate surface area is 279 Å². The van der Waals surface area contributed by atoms with E-state index in [1.54, 1.807) is 0 Å². The molecule has 0 fully saturated rings.